The summed E-state index contributed by atoms with van der Waals surface area (Å²) in [5.41, 5.74) is 0.915. The average Bonchev–Trinajstić information content (AvgIpc) is 3.52. The molecule has 354 valence electrons. The number of anilines is 1. The van der Waals surface area contributed by atoms with Crippen molar-refractivity contribution in [2.75, 3.05) is 144 Å². The lowest BCUT2D eigenvalue weighted by molar-refractivity contribution is -0.136. The first-order valence-electron chi connectivity index (χ1n) is 22.9. The number of ether oxygens (including phenoxy) is 10. The van der Waals surface area contributed by atoms with E-state index in [1.165, 1.54) is 57.8 Å². The number of amides is 4. The van der Waals surface area contributed by atoms with E-state index < -0.39 is 29.7 Å². The molecule has 62 heavy (non-hydrogen) atoms. The summed E-state index contributed by atoms with van der Waals surface area (Å²) in [6.45, 7) is 12.6. The van der Waals surface area contributed by atoms with Gasteiger partial charge >= 0.3 is 0 Å². The first kappa shape index (κ1) is 53.2. The number of nitrogens with one attached hydrogen (secondary N) is 2. The smallest absolute Gasteiger partial charge is 0.264 e. The maximum atomic E-state index is 13.2. The summed E-state index contributed by atoms with van der Waals surface area (Å²) in [6, 6.07) is 3.92. The van der Waals surface area contributed by atoms with Gasteiger partial charge in [0.2, 0.25) is 11.8 Å². The molecule has 17 heteroatoms. The molecule has 17 nitrogen and oxygen atoms in total. The summed E-state index contributed by atoms with van der Waals surface area (Å²) in [5.74, 6) is -2.16. The van der Waals surface area contributed by atoms with E-state index >= 15 is 0 Å². The third kappa shape index (κ3) is 23.5. The van der Waals surface area contributed by atoms with Gasteiger partial charge in [0, 0.05) is 25.3 Å². The van der Waals surface area contributed by atoms with Crippen LogP contribution in [0.4, 0.5) is 5.69 Å². The van der Waals surface area contributed by atoms with E-state index in [0.717, 1.165) is 17.9 Å². The van der Waals surface area contributed by atoms with Crippen molar-refractivity contribution in [3.05, 3.63) is 29.3 Å². The predicted molar refractivity (Wildman–Crippen MR) is 232 cm³/mol. The van der Waals surface area contributed by atoms with Crippen LogP contribution >= 0.6 is 0 Å². The van der Waals surface area contributed by atoms with E-state index in [2.05, 4.69) is 17.6 Å². The minimum atomic E-state index is -1.01. The molecular formula is C45H75N3O14. The largest absolute Gasteiger partial charge is 0.382 e. The molecule has 2 aliphatic heterocycles. The SMILES string of the molecule is CCCCCCCCCCCCOCCOCCOCCOCCOCCOCCOCCOCCOCCOCCNc1cccc2c1C(=O)N(C1CCC(=O)NC1=O)C2=O. The Hall–Kier alpha value is -3.10. The number of piperidine rings is 1. The second-order valence-electron chi connectivity index (χ2n) is 14.9. The highest BCUT2D eigenvalue weighted by atomic mass is 16.6. The first-order valence-corrected chi connectivity index (χ1v) is 22.9. The van der Waals surface area contributed by atoms with E-state index in [1.807, 2.05) is 0 Å². The number of fused-ring (bicyclic) bond motifs is 1. The van der Waals surface area contributed by atoms with Crippen molar-refractivity contribution in [2.45, 2.75) is 90.0 Å². The third-order valence-corrected chi connectivity index (χ3v) is 10.0. The second-order valence-corrected chi connectivity index (χ2v) is 14.9. The quantitative estimate of drug-likeness (QED) is 0.0685. The van der Waals surface area contributed by atoms with Gasteiger partial charge in [-0.1, -0.05) is 70.8 Å². The summed E-state index contributed by atoms with van der Waals surface area (Å²) < 4.78 is 55.5. The highest BCUT2D eigenvalue weighted by molar-refractivity contribution is 6.25. The summed E-state index contributed by atoms with van der Waals surface area (Å²) in [7, 11) is 0. The van der Waals surface area contributed by atoms with E-state index in [-0.39, 0.29) is 24.0 Å². The molecule has 1 fully saturated rings. The average molecular weight is 882 g/mol. The van der Waals surface area contributed by atoms with Crippen molar-refractivity contribution in [3.8, 4) is 0 Å². The molecule has 0 radical (unpaired) electrons. The zero-order valence-electron chi connectivity index (χ0n) is 37.3. The van der Waals surface area contributed by atoms with Gasteiger partial charge in [0.15, 0.2) is 0 Å². The Morgan fingerprint density at radius 2 is 0.919 bits per heavy atom. The van der Waals surface area contributed by atoms with Gasteiger partial charge in [0.25, 0.3) is 11.8 Å². The van der Waals surface area contributed by atoms with E-state index in [1.54, 1.807) is 18.2 Å². The summed E-state index contributed by atoms with van der Waals surface area (Å²) in [4.78, 5) is 50.9. The van der Waals surface area contributed by atoms with Crippen molar-refractivity contribution in [3.63, 3.8) is 0 Å². The van der Waals surface area contributed by atoms with Gasteiger partial charge in [-0.15, -0.1) is 0 Å². The fraction of sp³-hybridized carbons (Fsp3) is 0.778. The highest BCUT2D eigenvalue weighted by Gasteiger charge is 2.45. The molecule has 0 aromatic heterocycles. The number of carbonyl (C=O) groups is 4. The molecule has 4 amide bonds. The number of nitrogens with zero attached hydrogens (tertiary/aromatic N) is 1. The van der Waals surface area contributed by atoms with Crippen LogP contribution in [-0.2, 0) is 57.0 Å². The van der Waals surface area contributed by atoms with Crippen molar-refractivity contribution in [1.29, 1.82) is 0 Å². The number of hydrogen-bond donors (Lipinski definition) is 2. The highest BCUT2D eigenvalue weighted by Crippen LogP contribution is 2.32. The Morgan fingerprint density at radius 3 is 1.35 bits per heavy atom. The summed E-state index contributed by atoms with van der Waals surface area (Å²) >= 11 is 0. The molecule has 1 unspecified atom stereocenters. The number of benzene rings is 1. The number of imide groups is 2. The van der Waals surface area contributed by atoms with Crippen LogP contribution in [0.15, 0.2) is 18.2 Å². The number of unbranched alkanes of at least 4 members (excludes halogenated alkanes) is 9. The maximum Gasteiger partial charge on any atom is 0.264 e. The van der Waals surface area contributed by atoms with Gasteiger partial charge in [-0.2, -0.15) is 0 Å². The van der Waals surface area contributed by atoms with Crippen molar-refractivity contribution in [1.82, 2.24) is 10.2 Å². The molecule has 2 aliphatic rings. The van der Waals surface area contributed by atoms with E-state index in [9.17, 15) is 19.2 Å². The van der Waals surface area contributed by atoms with Gasteiger partial charge in [0.1, 0.15) is 6.04 Å². The minimum absolute atomic E-state index is 0.0670. The number of rotatable bonds is 43. The first-order chi connectivity index (χ1) is 30.5. The van der Waals surface area contributed by atoms with E-state index in [4.69, 9.17) is 47.4 Å². The Labute approximate surface area is 368 Å². The zero-order valence-corrected chi connectivity index (χ0v) is 37.3. The molecule has 0 saturated carbocycles. The maximum absolute atomic E-state index is 13.2. The molecule has 2 N–H and O–H groups in total. The molecule has 0 aliphatic carbocycles. The molecule has 1 aromatic carbocycles. The Bertz CT molecular complexity index is 1350. The van der Waals surface area contributed by atoms with Gasteiger partial charge < -0.3 is 52.7 Å². The van der Waals surface area contributed by atoms with Gasteiger partial charge in [-0.05, 0) is 25.0 Å². The standard InChI is InChI=1S/C45H75N3O14/c1-2-3-4-5-6-7-8-9-10-11-18-53-20-22-55-24-26-57-28-30-59-32-34-61-36-37-62-35-33-60-31-29-58-27-25-56-23-21-54-19-17-46-39-14-12-13-38-42(39)45(52)48(44(38)51)40-15-16-41(49)47-43(40)50/h12-14,40,46H,2-11,15-37H2,1H3,(H,47,49,50). The number of carbonyl (C=O) groups excluding carboxylic acids is 4. The minimum Gasteiger partial charge on any atom is -0.382 e. The molecule has 1 aromatic rings. The monoisotopic (exact) mass is 882 g/mol. The Kier molecular flexibility index (Phi) is 31.1. The molecule has 3 rings (SSSR count). The van der Waals surface area contributed by atoms with Crippen LogP contribution in [0.1, 0.15) is 105 Å². The predicted octanol–water partition coefficient (Wildman–Crippen LogP) is 4.59. The fourth-order valence-corrected chi connectivity index (χ4v) is 6.69. The van der Waals surface area contributed by atoms with Crippen LogP contribution in [0, 0.1) is 0 Å². The Balaban J connectivity index is 0.963. The molecule has 0 bridgehead atoms. The molecule has 1 atom stereocenters. The normalized spacial score (nSPS) is 15.2. The van der Waals surface area contributed by atoms with Crippen LogP contribution in [-0.4, -0.2) is 173 Å². The third-order valence-electron chi connectivity index (χ3n) is 10.0. The van der Waals surface area contributed by atoms with Crippen LogP contribution in [0.5, 0.6) is 0 Å². The van der Waals surface area contributed by atoms with Crippen molar-refractivity contribution >= 4 is 29.3 Å². The molecule has 2 heterocycles. The van der Waals surface area contributed by atoms with Crippen LogP contribution in [0.25, 0.3) is 0 Å². The van der Waals surface area contributed by atoms with Crippen LogP contribution in [0.3, 0.4) is 0 Å². The van der Waals surface area contributed by atoms with Crippen LogP contribution in [0.2, 0.25) is 0 Å². The molecule has 1 saturated heterocycles. The number of hydrogen-bond acceptors (Lipinski definition) is 15. The van der Waals surface area contributed by atoms with Crippen molar-refractivity contribution in [2.24, 2.45) is 0 Å². The van der Waals surface area contributed by atoms with E-state index in [0.29, 0.717) is 138 Å². The summed E-state index contributed by atoms with van der Waals surface area (Å²) in [6.07, 6.45) is 13.5. The second kappa shape index (κ2) is 36.3. The molecular weight excluding hydrogens is 807 g/mol. The lowest BCUT2D eigenvalue weighted by Crippen LogP contribution is -2.54. The molecule has 0 spiro atoms. The topological polar surface area (TPSA) is 188 Å². The summed E-state index contributed by atoms with van der Waals surface area (Å²) in [5, 5.41) is 5.34. The lowest BCUT2D eigenvalue weighted by atomic mass is 10.0. The van der Waals surface area contributed by atoms with Gasteiger partial charge in [0.05, 0.1) is 137 Å². The zero-order chi connectivity index (χ0) is 44.1. The Morgan fingerprint density at radius 1 is 0.516 bits per heavy atom. The lowest BCUT2D eigenvalue weighted by Gasteiger charge is -2.27. The van der Waals surface area contributed by atoms with Gasteiger partial charge in [-0.3, -0.25) is 29.4 Å². The van der Waals surface area contributed by atoms with Crippen molar-refractivity contribution < 1.29 is 66.5 Å². The van der Waals surface area contributed by atoms with Crippen LogP contribution < -0.4 is 10.6 Å². The van der Waals surface area contributed by atoms with Gasteiger partial charge in [-0.25, -0.2) is 0 Å². The fourth-order valence-electron chi connectivity index (χ4n) is 6.69.